The highest BCUT2D eigenvalue weighted by Crippen LogP contribution is 2.17. The van der Waals surface area contributed by atoms with E-state index in [0.29, 0.717) is 18.2 Å². The molecule has 1 aliphatic rings. The van der Waals surface area contributed by atoms with Crippen molar-refractivity contribution < 1.29 is 4.74 Å². The molecule has 0 aliphatic carbocycles. The minimum absolute atomic E-state index is 0.304. The first-order valence-electron chi connectivity index (χ1n) is 6.61. The number of hydrogen-bond acceptors (Lipinski definition) is 4. The largest absolute Gasteiger partial charge is 0.375 e. The number of ether oxygens (including phenoxy) is 1. The Labute approximate surface area is 113 Å². The summed E-state index contributed by atoms with van der Waals surface area (Å²) in [6.45, 7) is 5.16. The standard InChI is InChI=1S/C13H23N3OS/c1-10(2)16-5-4-11(15-16)8-12(14-3)13-9-18-7-6-17-13/h4-5,10,12-14H,6-9H2,1-3H3. The summed E-state index contributed by atoms with van der Waals surface area (Å²) in [5, 5.41) is 7.98. The predicted molar refractivity (Wildman–Crippen MR) is 76.2 cm³/mol. The molecule has 1 fully saturated rings. The summed E-state index contributed by atoms with van der Waals surface area (Å²) in [6.07, 6.45) is 3.29. The van der Waals surface area contributed by atoms with Crippen LogP contribution in [0.3, 0.4) is 0 Å². The zero-order valence-corrected chi connectivity index (χ0v) is 12.2. The molecule has 1 saturated heterocycles. The Kier molecular flexibility index (Phi) is 5.09. The van der Waals surface area contributed by atoms with Crippen LogP contribution in [0.2, 0.25) is 0 Å². The van der Waals surface area contributed by atoms with Crippen molar-refractivity contribution in [3.8, 4) is 0 Å². The molecule has 2 rings (SSSR count). The van der Waals surface area contributed by atoms with E-state index in [1.165, 1.54) is 0 Å². The van der Waals surface area contributed by atoms with Crippen molar-refractivity contribution >= 4 is 11.8 Å². The smallest absolute Gasteiger partial charge is 0.0822 e. The highest BCUT2D eigenvalue weighted by molar-refractivity contribution is 7.99. The van der Waals surface area contributed by atoms with Gasteiger partial charge in [-0.3, -0.25) is 4.68 Å². The van der Waals surface area contributed by atoms with Crippen molar-refractivity contribution in [1.29, 1.82) is 0 Å². The summed E-state index contributed by atoms with van der Waals surface area (Å²) in [4.78, 5) is 0. The molecular formula is C13H23N3OS. The molecule has 18 heavy (non-hydrogen) atoms. The number of hydrogen-bond donors (Lipinski definition) is 1. The Morgan fingerprint density at radius 1 is 1.61 bits per heavy atom. The third-order valence-corrected chi connectivity index (χ3v) is 4.30. The lowest BCUT2D eigenvalue weighted by atomic mass is 10.1. The van der Waals surface area contributed by atoms with E-state index in [1.54, 1.807) is 0 Å². The average molecular weight is 269 g/mol. The zero-order chi connectivity index (χ0) is 13.0. The molecule has 1 N–H and O–H groups in total. The summed E-state index contributed by atoms with van der Waals surface area (Å²) in [5.41, 5.74) is 1.14. The van der Waals surface area contributed by atoms with Gasteiger partial charge >= 0.3 is 0 Å². The molecule has 1 aliphatic heterocycles. The van der Waals surface area contributed by atoms with E-state index in [0.717, 1.165) is 30.2 Å². The molecule has 0 aromatic carbocycles. The topological polar surface area (TPSA) is 39.1 Å². The summed E-state index contributed by atoms with van der Waals surface area (Å²) in [6, 6.07) is 2.89. The molecule has 1 aromatic heterocycles. The van der Waals surface area contributed by atoms with Gasteiger partial charge in [0.1, 0.15) is 0 Å². The number of nitrogens with one attached hydrogen (secondary N) is 1. The molecule has 102 valence electrons. The second-order valence-electron chi connectivity index (χ2n) is 4.96. The number of likely N-dealkylation sites (N-methyl/N-ethyl adjacent to an activating group) is 1. The highest BCUT2D eigenvalue weighted by atomic mass is 32.2. The van der Waals surface area contributed by atoms with Crippen LogP contribution in [0.15, 0.2) is 12.3 Å². The van der Waals surface area contributed by atoms with Crippen LogP contribution in [-0.4, -0.2) is 47.1 Å². The van der Waals surface area contributed by atoms with Gasteiger partial charge in [-0.25, -0.2) is 0 Å². The second kappa shape index (κ2) is 6.59. The van der Waals surface area contributed by atoms with Crippen LogP contribution in [0.25, 0.3) is 0 Å². The van der Waals surface area contributed by atoms with E-state index in [4.69, 9.17) is 4.74 Å². The minimum atomic E-state index is 0.304. The molecule has 0 spiro atoms. The summed E-state index contributed by atoms with van der Waals surface area (Å²) < 4.78 is 7.85. The molecular weight excluding hydrogens is 246 g/mol. The number of thioether (sulfide) groups is 1. The van der Waals surface area contributed by atoms with Gasteiger partial charge in [0, 0.05) is 36.2 Å². The van der Waals surface area contributed by atoms with Gasteiger partial charge < -0.3 is 10.1 Å². The second-order valence-corrected chi connectivity index (χ2v) is 6.11. The Bertz CT molecular complexity index is 361. The number of nitrogens with zero attached hydrogens (tertiary/aromatic N) is 2. The molecule has 2 heterocycles. The third kappa shape index (κ3) is 3.49. The summed E-state index contributed by atoms with van der Waals surface area (Å²) in [7, 11) is 2.01. The van der Waals surface area contributed by atoms with Crippen molar-refractivity contribution in [1.82, 2.24) is 15.1 Å². The maximum absolute atomic E-state index is 5.84. The van der Waals surface area contributed by atoms with Crippen LogP contribution >= 0.6 is 11.8 Å². The van der Waals surface area contributed by atoms with Gasteiger partial charge in [-0.15, -0.1) is 0 Å². The van der Waals surface area contributed by atoms with Gasteiger partial charge in [0.25, 0.3) is 0 Å². The van der Waals surface area contributed by atoms with E-state index < -0.39 is 0 Å². The Morgan fingerprint density at radius 3 is 3.00 bits per heavy atom. The molecule has 0 amide bonds. The van der Waals surface area contributed by atoms with E-state index in [9.17, 15) is 0 Å². The fourth-order valence-corrected chi connectivity index (χ4v) is 3.10. The Hall–Kier alpha value is -0.520. The van der Waals surface area contributed by atoms with Crippen molar-refractivity contribution in [2.75, 3.05) is 25.2 Å². The maximum Gasteiger partial charge on any atom is 0.0822 e. The zero-order valence-electron chi connectivity index (χ0n) is 11.4. The summed E-state index contributed by atoms with van der Waals surface area (Å²) >= 11 is 1.98. The third-order valence-electron chi connectivity index (χ3n) is 3.28. The van der Waals surface area contributed by atoms with E-state index in [2.05, 4.69) is 36.5 Å². The van der Waals surface area contributed by atoms with Crippen LogP contribution < -0.4 is 5.32 Å². The average Bonchev–Trinajstić information content (AvgIpc) is 2.86. The molecule has 5 heteroatoms. The lowest BCUT2D eigenvalue weighted by Crippen LogP contribution is -2.44. The fraction of sp³-hybridized carbons (Fsp3) is 0.769. The van der Waals surface area contributed by atoms with Gasteiger partial charge in [-0.05, 0) is 27.0 Å². The molecule has 2 atom stereocenters. The van der Waals surface area contributed by atoms with Gasteiger partial charge in [-0.1, -0.05) is 0 Å². The van der Waals surface area contributed by atoms with Gasteiger partial charge in [0.15, 0.2) is 0 Å². The first kappa shape index (κ1) is 13.9. The van der Waals surface area contributed by atoms with Crippen LogP contribution in [0, 0.1) is 0 Å². The monoisotopic (exact) mass is 269 g/mol. The van der Waals surface area contributed by atoms with Crippen LogP contribution in [-0.2, 0) is 11.2 Å². The lowest BCUT2D eigenvalue weighted by Gasteiger charge is -2.29. The van der Waals surface area contributed by atoms with Crippen LogP contribution in [0.1, 0.15) is 25.6 Å². The predicted octanol–water partition coefficient (Wildman–Crippen LogP) is 1.73. The van der Waals surface area contributed by atoms with E-state index in [-0.39, 0.29) is 0 Å². The summed E-state index contributed by atoms with van der Waals surface area (Å²) in [5.74, 6) is 2.20. The number of aromatic nitrogens is 2. The molecule has 0 saturated carbocycles. The fourth-order valence-electron chi connectivity index (χ4n) is 2.16. The van der Waals surface area contributed by atoms with Gasteiger partial charge in [0.2, 0.25) is 0 Å². The Balaban J connectivity index is 1.95. The SMILES string of the molecule is CNC(Cc1ccn(C(C)C)n1)C1CSCCO1. The van der Waals surface area contributed by atoms with Crippen molar-refractivity contribution in [3.05, 3.63) is 18.0 Å². The van der Waals surface area contributed by atoms with Crippen molar-refractivity contribution in [2.24, 2.45) is 0 Å². The van der Waals surface area contributed by atoms with Crippen molar-refractivity contribution in [2.45, 2.75) is 38.5 Å². The van der Waals surface area contributed by atoms with E-state index >= 15 is 0 Å². The lowest BCUT2D eigenvalue weighted by molar-refractivity contribution is 0.0489. The first-order chi connectivity index (χ1) is 8.70. The van der Waals surface area contributed by atoms with Gasteiger partial charge in [-0.2, -0.15) is 16.9 Å². The quantitative estimate of drug-likeness (QED) is 0.883. The Morgan fingerprint density at radius 2 is 2.44 bits per heavy atom. The molecule has 0 bridgehead atoms. The minimum Gasteiger partial charge on any atom is -0.375 e. The van der Waals surface area contributed by atoms with Crippen LogP contribution in [0.5, 0.6) is 0 Å². The van der Waals surface area contributed by atoms with Crippen molar-refractivity contribution in [3.63, 3.8) is 0 Å². The highest BCUT2D eigenvalue weighted by Gasteiger charge is 2.24. The maximum atomic E-state index is 5.84. The molecule has 2 unspecified atom stereocenters. The molecule has 0 radical (unpaired) electrons. The molecule has 1 aromatic rings. The van der Waals surface area contributed by atoms with Crippen LogP contribution in [0.4, 0.5) is 0 Å². The normalized spacial score (nSPS) is 22.3. The number of rotatable bonds is 5. The molecule has 4 nitrogen and oxygen atoms in total. The first-order valence-corrected chi connectivity index (χ1v) is 7.77. The van der Waals surface area contributed by atoms with Gasteiger partial charge in [0.05, 0.1) is 18.4 Å². The van der Waals surface area contributed by atoms with E-state index in [1.807, 2.05) is 23.5 Å².